The van der Waals surface area contributed by atoms with Gasteiger partial charge in [0.2, 0.25) is 0 Å². The molecule has 0 aromatic carbocycles. The quantitative estimate of drug-likeness (QED) is 0.810. The molecule has 0 saturated heterocycles. The number of nitrogens with two attached hydrogens (primary N) is 1. The molecule has 1 heterocycles. The van der Waals surface area contributed by atoms with E-state index in [-0.39, 0.29) is 6.04 Å². The predicted molar refractivity (Wildman–Crippen MR) is 60.6 cm³/mol. The fourth-order valence-corrected chi connectivity index (χ4v) is 2.61. The summed E-state index contributed by atoms with van der Waals surface area (Å²) in [6.45, 7) is -5.70. The van der Waals surface area contributed by atoms with Crippen LogP contribution in [0.15, 0.2) is 0 Å². The first-order chi connectivity index (χ1) is 9.44. The number of hydrogen-bond donors (Lipinski definition) is 2. The van der Waals surface area contributed by atoms with Crippen LogP contribution in [0.5, 0.6) is 0 Å². The van der Waals surface area contributed by atoms with Crippen LogP contribution < -0.4 is 11.1 Å². The zero-order chi connectivity index (χ0) is 16.1. The number of rotatable bonds is 3. The van der Waals surface area contributed by atoms with Crippen molar-refractivity contribution in [3.05, 3.63) is 10.6 Å². The molecule has 1 aliphatic rings. The Morgan fingerprint density at radius 1 is 1.86 bits per heavy atom. The Morgan fingerprint density at radius 3 is 3.64 bits per heavy atom. The molecule has 78 valence electrons. The minimum absolute atomic E-state index is 0.343. The Labute approximate surface area is 98.6 Å². The highest BCUT2D eigenvalue weighted by Crippen LogP contribution is 2.27. The van der Waals surface area contributed by atoms with Crippen molar-refractivity contribution in [3.8, 4) is 0 Å². The Balaban J connectivity index is 2.12. The molecule has 0 fully saturated rings. The van der Waals surface area contributed by atoms with Gasteiger partial charge in [0.05, 0.1) is 5.69 Å². The molecular formula is C10H17N3S. The maximum Gasteiger partial charge on any atom is 0.180 e. The van der Waals surface area contributed by atoms with E-state index in [2.05, 4.69) is 10.3 Å². The molecule has 0 saturated carbocycles. The van der Waals surface area contributed by atoms with E-state index in [4.69, 9.17) is 15.3 Å². The number of aromatic nitrogens is 1. The van der Waals surface area contributed by atoms with Crippen molar-refractivity contribution in [1.29, 1.82) is 0 Å². The molecule has 0 radical (unpaired) electrons. The van der Waals surface area contributed by atoms with Crippen molar-refractivity contribution in [2.45, 2.75) is 38.5 Å². The van der Waals surface area contributed by atoms with Gasteiger partial charge in [-0.15, -0.1) is 11.3 Å². The van der Waals surface area contributed by atoms with Gasteiger partial charge in [0.1, 0.15) is 0 Å². The average Bonchev–Trinajstić information content (AvgIpc) is 2.66. The van der Waals surface area contributed by atoms with E-state index in [1.807, 2.05) is 0 Å². The van der Waals surface area contributed by atoms with Gasteiger partial charge in [-0.3, -0.25) is 0 Å². The predicted octanol–water partition coefficient (Wildman–Crippen LogP) is 1.58. The first-order valence-corrected chi connectivity index (χ1v) is 5.27. The fourth-order valence-electron chi connectivity index (χ4n) is 1.66. The number of hydrogen-bond acceptors (Lipinski definition) is 4. The zero-order valence-electron chi connectivity index (χ0n) is 14.6. The minimum Gasteiger partial charge on any atom is -0.375 e. The van der Waals surface area contributed by atoms with Gasteiger partial charge in [0.25, 0.3) is 0 Å². The summed E-state index contributed by atoms with van der Waals surface area (Å²) >= 11 is 1.33. The number of fused-ring (bicyclic) bond motifs is 1. The number of nitrogens with zero attached hydrogens (tertiary/aromatic N) is 1. The van der Waals surface area contributed by atoms with Gasteiger partial charge in [-0.2, -0.15) is 0 Å². The van der Waals surface area contributed by atoms with Crippen LogP contribution in [0.3, 0.4) is 0 Å². The van der Waals surface area contributed by atoms with E-state index in [0.717, 1.165) is 10.6 Å². The fraction of sp³-hybridized carbons (Fsp3) is 0.700. The highest BCUT2D eigenvalue weighted by atomic mass is 32.1. The van der Waals surface area contributed by atoms with Crippen molar-refractivity contribution in [2.75, 3.05) is 12.2 Å². The van der Waals surface area contributed by atoms with Gasteiger partial charge in [0, 0.05) is 20.5 Å². The third-order valence-corrected chi connectivity index (χ3v) is 3.24. The second-order valence-corrected chi connectivity index (χ2v) is 4.37. The summed E-state index contributed by atoms with van der Waals surface area (Å²) in [5, 5.41) is 2.99. The molecule has 3 nitrogen and oxygen atoms in total. The van der Waals surface area contributed by atoms with Gasteiger partial charge in [-0.1, -0.05) is 6.85 Å². The van der Waals surface area contributed by atoms with Gasteiger partial charge in [-0.05, 0) is 32.1 Å². The van der Waals surface area contributed by atoms with E-state index in [1.165, 1.54) is 11.3 Å². The average molecular weight is 218 g/mol. The molecule has 14 heavy (non-hydrogen) atoms. The second-order valence-electron chi connectivity index (χ2n) is 3.26. The zero-order valence-corrected chi connectivity index (χ0v) is 8.45. The molecule has 0 spiro atoms. The Kier molecular flexibility index (Phi) is 1.37. The lowest BCUT2D eigenvalue weighted by atomic mass is 9.98. The Bertz CT molecular complexity index is 525. The Morgan fingerprint density at radius 2 is 2.79 bits per heavy atom. The first kappa shape index (κ1) is 4.49. The van der Waals surface area contributed by atoms with Crippen LogP contribution in [0.2, 0.25) is 0 Å². The molecule has 0 amide bonds. The molecular weight excluding hydrogens is 194 g/mol. The van der Waals surface area contributed by atoms with Crippen LogP contribution in [0.25, 0.3) is 0 Å². The molecule has 0 bridgehead atoms. The maximum atomic E-state index is 7.79. The van der Waals surface area contributed by atoms with E-state index < -0.39 is 19.7 Å². The SMILES string of the molecule is [2H]C([2H])([2H])C([2H])([2H])C([2H])([2H])N[C@@H]1CCc2nc(N)sc2C1. The lowest BCUT2D eigenvalue weighted by Gasteiger charge is -2.21. The van der Waals surface area contributed by atoms with E-state index in [1.54, 1.807) is 0 Å². The molecule has 0 unspecified atom stereocenters. The van der Waals surface area contributed by atoms with Crippen LogP contribution in [0.4, 0.5) is 5.13 Å². The summed E-state index contributed by atoms with van der Waals surface area (Å²) in [4.78, 5) is 5.13. The van der Waals surface area contributed by atoms with Crippen molar-refractivity contribution < 1.29 is 9.60 Å². The number of thiazole rings is 1. The van der Waals surface area contributed by atoms with Crippen LogP contribution >= 0.6 is 11.3 Å². The number of nitrogen functional groups attached to an aromatic ring is 1. The van der Waals surface area contributed by atoms with Gasteiger partial charge >= 0.3 is 0 Å². The van der Waals surface area contributed by atoms with Crippen LogP contribution in [-0.2, 0) is 12.8 Å². The third-order valence-electron chi connectivity index (χ3n) is 2.29. The summed E-state index contributed by atoms with van der Waals surface area (Å²) in [6.07, 6.45) is -1.33. The van der Waals surface area contributed by atoms with Crippen molar-refractivity contribution in [1.82, 2.24) is 10.3 Å². The maximum absolute atomic E-state index is 7.79. The van der Waals surface area contributed by atoms with Crippen molar-refractivity contribution in [2.24, 2.45) is 0 Å². The minimum atomic E-state index is -3.04. The molecule has 4 heteroatoms. The summed E-state index contributed by atoms with van der Waals surface area (Å²) in [5.41, 5.74) is 6.53. The largest absolute Gasteiger partial charge is 0.375 e. The summed E-state index contributed by atoms with van der Waals surface area (Å²) in [7, 11) is 0. The molecule has 1 aromatic rings. The van der Waals surface area contributed by atoms with Crippen molar-refractivity contribution >= 4 is 16.5 Å². The van der Waals surface area contributed by atoms with Gasteiger partial charge in [0.15, 0.2) is 5.13 Å². The lowest BCUT2D eigenvalue weighted by molar-refractivity contribution is 0.460. The summed E-state index contributed by atoms with van der Waals surface area (Å²) < 4.78 is 52.3. The molecule has 1 atom stereocenters. The summed E-state index contributed by atoms with van der Waals surface area (Å²) in [6, 6.07) is -0.343. The van der Waals surface area contributed by atoms with Crippen molar-refractivity contribution in [3.63, 3.8) is 0 Å². The third kappa shape index (κ3) is 2.07. The van der Waals surface area contributed by atoms with Gasteiger partial charge in [-0.25, -0.2) is 4.98 Å². The summed E-state index contributed by atoms with van der Waals surface area (Å²) in [5.74, 6) is 0. The first-order valence-electron chi connectivity index (χ1n) is 7.96. The van der Waals surface area contributed by atoms with Crippen LogP contribution in [-0.4, -0.2) is 17.5 Å². The van der Waals surface area contributed by atoms with E-state index in [0.29, 0.717) is 24.4 Å². The molecule has 1 aromatic heterocycles. The van der Waals surface area contributed by atoms with Crippen LogP contribution in [0.1, 0.15) is 39.8 Å². The molecule has 1 aliphatic carbocycles. The highest BCUT2D eigenvalue weighted by molar-refractivity contribution is 7.15. The monoisotopic (exact) mass is 218 g/mol. The normalized spacial score (nSPS) is 31.1. The highest BCUT2D eigenvalue weighted by Gasteiger charge is 2.21. The Hall–Kier alpha value is -0.610. The smallest absolute Gasteiger partial charge is 0.180 e. The lowest BCUT2D eigenvalue weighted by Crippen LogP contribution is -2.34. The molecule has 3 N–H and O–H groups in total. The molecule has 2 rings (SSSR count). The number of anilines is 1. The van der Waals surface area contributed by atoms with E-state index in [9.17, 15) is 0 Å². The van der Waals surface area contributed by atoms with E-state index >= 15 is 0 Å². The second kappa shape index (κ2) is 4.28. The topological polar surface area (TPSA) is 50.9 Å². The van der Waals surface area contributed by atoms with Crippen LogP contribution in [0, 0.1) is 0 Å². The standard InChI is InChI=1S/C10H17N3S/c1-2-5-12-7-3-4-8-9(6-7)14-10(11)13-8/h7,12H,2-6H2,1H3,(H2,11,13)/t7-/m1/s1/i1D3,2D2,5D2. The number of nitrogens with one attached hydrogen (secondary N) is 1. The number of aryl methyl sites for hydroxylation is 1. The van der Waals surface area contributed by atoms with Gasteiger partial charge < -0.3 is 11.1 Å². The molecule has 0 aliphatic heterocycles.